The first-order valence-corrected chi connectivity index (χ1v) is 3.66. The molecule has 15 heavy (non-hydrogen) atoms. The maximum absolute atomic E-state index is 12.4. The van der Waals surface area contributed by atoms with E-state index in [0.717, 1.165) is 6.20 Å². The summed E-state index contributed by atoms with van der Waals surface area (Å²) in [6.45, 7) is 0. The van der Waals surface area contributed by atoms with Gasteiger partial charge in [0, 0.05) is 6.20 Å². The SMILES string of the molecule is N#Cc1c[nH]c(=O)c(C(F)F)c1C(=O)O. The molecule has 0 atom stereocenters. The Kier molecular flexibility index (Phi) is 2.80. The van der Waals surface area contributed by atoms with Gasteiger partial charge in [0.1, 0.15) is 6.07 Å². The van der Waals surface area contributed by atoms with Gasteiger partial charge in [0.2, 0.25) is 0 Å². The number of halogens is 2. The highest BCUT2D eigenvalue weighted by atomic mass is 19.3. The topological polar surface area (TPSA) is 94.0 Å². The predicted molar refractivity (Wildman–Crippen MR) is 43.7 cm³/mol. The fourth-order valence-electron chi connectivity index (χ4n) is 1.07. The van der Waals surface area contributed by atoms with Gasteiger partial charge < -0.3 is 10.1 Å². The normalized spacial score (nSPS) is 10.0. The summed E-state index contributed by atoms with van der Waals surface area (Å²) in [4.78, 5) is 23.4. The number of nitrogens with one attached hydrogen (secondary N) is 1. The Morgan fingerprint density at radius 3 is 2.60 bits per heavy atom. The van der Waals surface area contributed by atoms with Crippen molar-refractivity contribution in [3.63, 3.8) is 0 Å². The van der Waals surface area contributed by atoms with Crippen molar-refractivity contribution in [3.8, 4) is 6.07 Å². The van der Waals surface area contributed by atoms with E-state index < -0.39 is 34.6 Å². The van der Waals surface area contributed by atoms with Gasteiger partial charge in [-0.15, -0.1) is 0 Å². The molecule has 0 aliphatic carbocycles. The largest absolute Gasteiger partial charge is 0.478 e. The predicted octanol–water partition coefficient (Wildman–Crippen LogP) is 0.882. The second kappa shape index (κ2) is 3.88. The van der Waals surface area contributed by atoms with Gasteiger partial charge in [-0.05, 0) is 0 Å². The quantitative estimate of drug-likeness (QED) is 0.764. The molecule has 5 nitrogen and oxygen atoms in total. The number of nitriles is 1. The van der Waals surface area contributed by atoms with Crippen LogP contribution in [0.25, 0.3) is 0 Å². The summed E-state index contributed by atoms with van der Waals surface area (Å²) in [5.74, 6) is -1.73. The van der Waals surface area contributed by atoms with E-state index in [1.807, 2.05) is 4.98 Å². The summed E-state index contributed by atoms with van der Waals surface area (Å²) in [5, 5.41) is 17.1. The van der Waals surface area contributed by atoms with Gasteiger partial charge in [-0.25, -0.2) is 13.6 Å². The van der Waals surface area contributed by atoms with Crippen LogP contribution in [0.5, 0.6) is 0 Å². The highest BCUT2D eigenvalue weighted by Crippen LogP contribution is 2.21. The van der Waals surface area contributed by atoms with Gasteiger partial charge in [0.25, 0.3) is 12.0 Å². The molecular formula is C8H4F2N2O3. The summed E-state index contributed by atoms with van der Waals surface area (Å²) in [7, 11) is 0. The molecule has 1 aromatic heterocycles. The lowest BCUT2D eigenvalue weighted by atomic mass is 10.1. The van der Waals surface area contributed by atoms with E-state index in [0.29, 0.717) is 0 Å². The third-order valence-corrected chi connectivity index (χ3v) is 1.68. The van der Waals surface area contributed by atoms with E-state index in [-0.39, 0.29) is 0 Å². The Morgan fingerprint density at radius 1 is 1.60 bits per heavy atom. The fourth-order valence-corrected chi connectivity index (χ4v) is 1.07. The van der Waals surface area contributed by atoms with Crippen LogP contribution in [0.15, 0.2) is 11.0 Å². The Balaban J connectivity index is 3.68. The van der Waals surface area contributed by atoms with Crippen LogP contribution < -0.4 is 5.56 Å². The number of carboxylic acid groups (broad SMARTS) is 1. The Labute approximate surface area is 81.6 Å². The second-order valence-electron chi connectivity index (χ2n) is 2.54. The molecule has 0 aliphatic rings. The van der Waals surface area contributed by atoms with Crippen molar-refractivity contribution in [2.45, 2.75) is 6.43 Å². The molecule has 0 amide bonds. The van der Waals surface area contributed by atoms with E-state index in [2.05, 4.69) is 0 Å². The van der Waals surface area contributed by atoms with Crippen molar-refractivity contribution in [2.75, 3.05) is 0 Å². The monoisotopic (exact) mass is 214 g/mol. The molecule has 0 aliphatic heterocycles. The number of aromatic nitrogens is 1. The number of hydrogen-bond acceptors (Lipinski definition) is 3. The van der Waals surface area contributed by atoms with E-state index in [1.165, 1.54) is 6.07 Å². The lowest BCUT2D eigenvalue weighted by Gasteiger charge is -2.04. The molecule has 0 radical (unpaired) electrons. The molecule has 0 unspecified atom stereocenters. The Hall–Kier alpha value is -2.23. The average molecular weight is 214 g/mol. The zero-order valence-electron chi connectivity index (χ0n) is 7.12. The number of alkyl halides is 2. The number of carboxylic acids is 1. The maximum atomic E-state index is 12.4. The highest BCUT2D eigenvalue weighted by Gasteiger charge is 2.25. The lowest BCUT2D eigenvalue weighted by molar-refractivity contribution is 0.0683. The molecule has 7 heteroatoms. The zero-order chi connectivity index (χ0) is 11.6. The van der Waals surface area contributed by atoms with Crippen LogP contribution in [0.2, 0.25) is 0 Å². The van der Waals surface area contributed by atoms with Crippen LogP contribution >= 0.6 is 0 Å². The molecule has 0 bridgehead atoms. The summed E-state index contributed by atoms with van der Waals surface area (Å²) in [5.41, 5.74) is -3.85. The first-order chi connectivity index (χ1) is 6.99. The van der Waals surface area contributed by atoms with Crippen molar-refractivity contribution >= 4 is 5.97 Å². The smallest absolute Gasteiger partial charge is 0.337 e. The fraction of sp³-hybridized carbons (Fsp3) is 0.125. The van der Waals surface area contributed by atoms with E-state index in [1.54, 1.807) is 0 Å². The molecule has 78 valence electrons. The number of rotatable bonds is 2. The standard InChI is InChI=1S/C8H4F2N2O3/c9-6(10)5-4(8(14)15)3(1-11)2-12-7(5)13/h2,6H,(H,12,13)(H,14,15). The van der Waals surface area contributed by atoms with Gasteiger partial charge in [-0.2, -0.15) is 5.26 Å². The number of hydrogen-bond donors (Lipinski definition) is 2. The number of aromatic carboxylic acids is 1. The van der Waals surface area contributed by atoms with Gasteiger partial charge in [0.05, 0.1) is 16.7 Å². The van der Waals surface area contributed by atoms with E-state index >= 15 is 0 Å². The summed E-state index contributed by atoms with van der Waals surface area (Å²) in [6, 6.07) is 1.42. The molecule has 1 aromatic rings. The van der Waals surface area contributed by atoms with E-state index in [4.69, 9.17) is 10.4 Å². The zero-order valence-corrected chi connectivity index (χ0v) is 7.12. The number of H-pyrrole nitrogens is 1. The van der Waals surface area contributed by atoms with Gasteiger partial charge in [-0.3, -0.25) is 4.79 Å². The van der Waals surface area contributed by atoms with E-state index in [9.17, 15) is 18.4 Å². The minimum Gasteiger partial charge on any atom is -0.478 e. The van der Waals surface area contributed by atoms with Crippen molar-refractivity contribution in [3.05, 3.63) is 33.2 Å². The highest BCUT2D eigenvalue weighted by molar-refractivity contribution is 5.92. The molecular weight excluding hydrogens is 210 g/mol. The maximum Gasteiger partial charge on any atom is 0.337 e. The van der Waals surface area contributed by atoms with Crippen molar-refractivity contribution in [1.82, 2.24) is 4.98 Å². The average Bonchev–Trinajstić information content (AvgIpc) is 2.16. The van der Waals surface area contributed by atoms with Gasteiger partial charge in [0.15, 0.2) is 0 Å². The van der Waals surface area contributed by atoms with Crippen LogP contribution in [-0.2, 0) is 0 Å². The lowest BCUT2D eigenvalue weighted by Crippen LogP contribution is -2.20. The molecule has 0 saturated heterocycles. The van der Waals surface area contributed by atoms with Crippen molar-refractivity contribution < 1.29 is 18.7 Å². The first kappa shape index (κ1) is 10.8. The Morgan fingerprint density at radius 2 is 2.20 bits per heavy atom. The summed E-state index contributed by atoms with van der Waals surface area (Å²) in [6.07, 6.45) is -2.45. The molecule has 2 N–H and O–H groups in total. The molecule has 1 rings (SSSR count). The van der Waals surface area contributed by atoms with Gasteiger partial charge >= 0.3 is 5.97 Å². The second-order valence-corrected chi connectivity index (χ2v) is 2.54. The third kappa shape index (κ3) is 1.83. The van der Waals surface area contributed by atoms with Crippen LogP contribution in [-0.4, -0.2) is 16.1 Å². The number of nitrogens with zero attached hydrogens (tertiary/aromatic N) is 1. The molecule has 1 heterocycles. The van der Waals surface area contributed by atoms with Crippen molar-refractivity contribution in [1.29, 1.82) is 5.26 Å². The van der Waals surface area contributed by atoms with Crippen LogP contribution in [0.3, 0.4) is 0 Å². The summed E-state index contributed by atoms with van der Waals surface area (Å²) >= 11 is 0. The molecule has 0 spiro atoms. The minimum absolute atomic E-state index is 0.502. The minimum atomic E-state index is -3.24. The first-order valence-electron chi connectivity index (χ1n) is 3.66. The number of aromatic amines is 1. The number of carbonyl (C=O) groups is 1. The van der Waals surface area contributed by atoms with Crippen molar-refractivity contribution in [2.24, 2.45) is 0 Å². The number of pyridine rings is 1. The third-order valence-electron chi connectivity index (χ3n) is 1.68. The van der Waals surface area contributed by atoms with Gasteiger partial charge in [-0.1, -0.05) is 0 Å². The molecule has 0 aromatic carbocycles. The molecule has 0 fully saturated rings. The van der Waals surface area contributed by atoms with Crippen LogP contribution in [0.4, 0.5) is 8.78 Å². The van der Waals surface area contributed by atoms with Crippen LogP contribution in [0.1, 0.15) is 27.9 Å². The van der Waals surface area contributed by atoms with Crippen LogP contribution in [0, 0.1) is 11.3 Å². The Bertz CT molecular complexity index is 502. The molecule has 0 saturated carbocycles. The summed E-state index contributed by atoms with van der Waals surface area (Å²) < 4.78 is 24.7.